The zero-order valence-electron chi connectivity index (χ0n) is 14.5. The number of rotatable bonds is 6. The maximum absolute atomic E-state index is 13.9. The summed E-state index contributed by atoms with van der Waals surface area (Å²) >= 11 is 0. The molecule has 0 radical (unpaired) electrons. The number of aromatic nitrogens is 2. The first kappa shape index (κ1) is 17.1. The number of ether oxygens (including phenoxy) is 1. The average Bonchev–Trinajstić information content (AvgIpc) is 2.62. The summed E-state index contributed by atoms with van der Waals surface area (Å²) in [6.07, 6.45) is 1.43. The Bertz CT molecular complexity index is 855. The normalized spacial score (nSPS) is 12.4. The smallest absolute Gasteiger partial charge is 0.167 e. The number of anilines is 1. The quantitative estimate of drug-likeness (QED) is 0.744. The van der Waals surface area contributed by atoms with Crippen molar-refractivity contribution in [2.45, 2.75) is 6.04 Å². The van der Waals surface area contributed by atoms with E-state index in [4.69, 9.17) is 4.74 Å². The lowest BCUT2D eigenvalue weighted by Gasteiger charge is -2.25. The molecule has 3 aromatic rings. The molecular formula is C19H21FN4O. The van der Waals surface area contributed by atoms with Gasteiger partial charge in [-0.2, -0.15) is 0 Å². The Morgan fingerprint density at radius 3 is 2.60 bits per heavy atom. The molecule has 0 saturated heterocycles. The van der Waals surface area contributed by atoms with Gasteiger partial charge in [-0.05, 0) is 25.7 Å². The number of nitrogens with zero attached hydrogens (tertiary/aromatic N) is 3. The molecule has 130 valence electrons. The molecule has 0 aliphatic heterocycles. The molecule has 5 nitrogen and oxygen atoms in total. The summed E-state index contributed by atoms with van der Waals surface area (Å²) < 4.78 is 19.0. The largest absolute Gasteiger partial charge is 0.494 e. The Morgan fingerprint density at radius 1 is 1.16 bits per heavy atom. The maximum Gasteiger partial charge on any atom is 0.167 e. The fourth-order valence-electron chi connectivity index (χ4n) is 2.82. The molecule has 1 aromatic heterocycles. The minimum Gasteiger partial charge on any atom is -0.494 e. The Labute approximate surface area is 146 Å². The number of fused-ring (bicyclic) bond motifs is 1. The van der Waals surface area contributed by atoms with E-state index in [2.05, 4.69) is 32.3 Å². The molecule has 1 N–H and O–H groups in total. The molecule has 1 unspecified atom stereocenters. The molecule has 25 heavy (non-hydrogen) atoms. The van der Waals surface area contributed by atoms with Crippen molar-refractivity contribution in [2.75, 3.05) is 33.1 Å². The van der Waals surface area contributed by atoms with E-state index in [0.717, 1.165) is 5.39 Å². The third-order valence-corrected chi connectivity index (χ3v) is 4.18. The van der Waals surface area contributed by atoms with Crippen molar-refractivity contribution in [3.63, 3.8) is 0 Å². The van der Waals surface area contributed by atoms with Crippen LogP contribution in [0.3, 0.4) is 0 Å². The van der Waals surface area contributed by atoms with E-state index in [9.17, 15) is 4.39 Å². The Hall–Kier alpha value is -2.73. The van der Waals surface area contributed by atoms with Crippen LogP contribution in [-0.2, 0) is 0 Å². The average molecular weight is 340 g/mol. The van der Waals surface area contributed by atoms with Crippen LogP contribution in [0.25, 0.3) is 10.9 Å². The number of hydrogen-bond acceptors (Lipinski definition) is 5. The molecule has 0 saturated carbocycles. The van der Waals surface area contributed by atoms with E-state index in [0.29, 0.717) is 17.9 Å². The number of halogens is 1. The van der Waals surface area contributed by atoms with Gasteiger partial charge >= 0.3 is 0 Å². The van der Waals surface area contributed by atoms with Gasteiger partial charge in [-0.15, -0.1) is 0 Å². The Balaban J connectivity index is 1.89. The van der Waals surface area contributed by atoms with Crippen molar-refractivity contribution in [3.8, 4) is 5.75 Å². The lowest BCUT2D eigenvalue weighted by molar-refractivity contribution is 0.311. The van der Waals surface area contributed by atoms with Crippen LogP contribution in [0.4, 0.5) is 10.2 Å². The van der Waals surface area contributed by atoms with E-state index < -0.39 is 5.82 Å². The third-order valence-electron chi connectivity index (χ3n) is 4.18. The van der Waals surface area contributed by atoms with Gasteiger partial charge in [-0.3, -0.25) is 0 Å². The van der Waals surface area contributed by atoms with Crippen LogP contribution in [0.15, 0.2) is 48.8 Å². The summed E-state index contributed by atoms with van der Waals surface area (Å²) in [7, 11) is 5.52. The van der Waals surface area contributed by atoms with Crippen LogP contribution in [-0.4, -0.2) is 42.6 Å². The van der Waals surface area contributed by atoms with Gasteiger partial charge in [0.25, 0.3) is 0 Å². The second-order valence-electron chi connectivity index (χ2n) is 6.00. The first-order valence-electron chi connectivity index (χ1n) is 8.03. The molecule has 0 aliphatic rings. The van der Waals surface area contributed by atoms with Crippen LogP contribution in [0.5, 0.6) is 5.75 Å². The van der Waals surface area contributed by atoms with Crippen molar-refractivity contribution in [3.05, 3.63) is 60.2 Å². The van der Waals surface area contributed by atoms with Crippen molar-refractivity contribution in [1.82, 2.24) is 14.9 Å². The number of methoxy groups -OCH3 is 1. The summed E-state index contributed by atoms with van der Waals surface area (Å²) in [6.45, 7) is 0.656. The molecule has 1 atom stereocenters. The van der Waals surface area contributed by atoms with Crippen LogP contribution in [0.2, 0.25) is 0 Å². The highest BCUT2D eigenvalue weighted by Crippen LogP contribution is 2.28. The number of nitrogens with one attached hydrogen (secondary N) is 1. The summed E-state index contributed by atoms with van der Waals surface area (Å²) in [4.78, 5) is 10.6. The Morgan fingerprint density at radius 2 is 1.92 bits per heavy atom. The standard InChI is InChI=1S/C19H21FN4O/c1-24(2)17(13-7-5-4-6-8-13)11-21-19-14-9-18(25-3)15(20)10-16(14)22-12-23-19/h4-10,12,17H,11H2,1-3H3,(H,21,22,23). The van der Waals surface area contributed by atoms with Gasteiger partial charge in [0.1, 0.15) is 12.1 Å². The lowest BCUT2D eigenvalue weighted by atomic mass is 10.1. The van der Waals surface area contributed by atoms with Gasteiger partial charge in [0.2, 0.25) is 0 Å². The van der Waals surface area contributed by atoms with E-state index >= 15 is 0 Å². The highest BCUT2D eigenvalue weighted by molar-refractivity contribution is 5.90. The predicted octanol–water partition coefficient (Wildman–Crippen LogP) is 3.49. The van der Waals surface area contributed by atoms with Gasteiger partial charge in [-0.25, -0.2) is 14.4 Å². The van der Waals surface area contributed by atoms with Gasteiger partial charge in [-0.1, -0.05) is 30.3 Å². The number of likely N-dealkylation sites (N-methyl/N-ethyl adjacent to an activating group) is 1. The minimum absolute atomic E-state index is 0.175. The van der Waals surface area contributed by atoms with Gasteiger partial charge in [0.15, 0.2) is 11.6 Å². The highest BCUT2D eigenvalue weighted by Gasteiger charge is 2.15. The van der Waals surface area contributed by atoms with E-state index in [-0.39, 0.29) is 11.8 Å². The molecule has 3 rings (SSSR count). The van der Waals surface area contributed by atoms with Gasteiger partial charge < -0.3 is 15.0 Å². The van der Waals surface area contributed by atoms with Crippen LogP contribution in [0.1, 0.15) is 11.6 Å². The molecule has 0 bridgehead atoms. The fraction of sp³-hybridized carbons (Fsp3) is 0.263. The third kappa shape index (κ3) is 3.69. The summed E-state index contributed by atoms with van der Waals surface area (Å²) in [5.41, 5.74) is 1.75. The molecule has 0 fully saturated rings. The molecular weight excluding hydrogens is 319 g/mol. The number of benzene rings is 2. The fourth-order valence-corrected chi connectivity index (χ4v) is 2.82. The monoisotopic (exact) mass is 340 g/mol. The van der Waals surface area contributed by atoms with Crippen molar-refractivity contribution < 1.29 is 9.13 Å². The van der Waals surface area contributed by atoms with E-state index in [1.54, 1.807) is 6.07 Å². The van der Waals surface area contributed by atoms with Crippen molar-refractivity contribution in [2.24, 2.45) is 0 Å². The minimum atomic E-state index is -0.435. The molecule has 1 heterocycles. The highest BCUT2D eigenvalue weighted by atomic mass is 19.1. The summed E-state index contributed by atoms with van der Waals surface area (Å²) in [5, 5.41) is 4.10. The molecule has 0 spiro atoms. The molecule has 6 heteroatoms. The van der Waals surface area contributed by atoms with Gasteiger partial charge in [0.05, 0.1) is 18.7 Å². The van der Waals surface area contributed by atoms with Crippen molar-refractivity contribution in [1.29, 1.82) is 0 Å². The summed E-state index contributed by atoms with van der Waals surface area (Å²) in [5.74, 6) is 0.402. The second kappa shape index (κ2) is 7.44. The topological polar surface area (TPSA) is 50.3 Å². The van der Waals surface area contributed by atoms with Crippen LogP contribution >= 0.6 is 0 Å². The Kier molecular flexibility index (Phi) is 5.09. The summed E-state index contributed by atoms with van der Waals surface area (Å²) in [6, 6.07) is 13.4. The van der Waals surface area contributed by atoms with E-state index in [1.165, 1.54) is 25.1 Å². The predicted molar refractivity (Wildman–Crippen MR) is 97.4 cm³/mol. The van der Waals surface area contributed by atoms with E-state index in [1.807, 2.05) is 32.3 Å². The zero-order valence-corrected chi connectivity index (χ0v) is 14.5. The van der Waals surface area contributed by atoms with Crippen LogP contribution < -0.4 is 10.1 Å². The van der Waals surface area contributed by atoms with Crippen LogP contribution in [0, 0.1) is 5.82 Å². The van der Waals surface area contributed by atoms with Gasteiger partial charge in [0, 0.05) is 18.0 Å². The lowest BCUT2D eigenvalue weighted by Crippen LogP contribution is -2.27. The molecule has 0 amide bonds. The first-order chi connectivity index (χ1) is 12.1. The first-order valence-corrected chi connectivity index (χ1v) is 8.03. The molecule has 2 aromatic carbocycles. The zero-order chi connectivity index (χ0) is 17.8. The SMILES string of the molecule is COc1cc2c(NCC(c3ccccc3)N(C)C)ncnc2cc1F. The second-order valence-corrected chi connectivity index (χ2v) is 6.00. The maximum atomic E-state index is 13.9. The van der Waals surface area contributed by atoms with Crippen molar-refractivity contribution >= 4 is 16.7 Å². The number of hydrogen-bond donors (Lipinski definition) is 1. The molecule has 0 aliphatic carbocycles.